The highest BCUT2D eigenvalue weighted by molar-refractivity contribution is 5.76. The summed E-state index contributed by atoms with van der Waals surface area (Å²) in [6.07, 6.45) is 30.0. The van der Waals surface area contributed by atoms with Gasteiger partial charge in [-0.25, -0.2) is 0 Å². The van der Waals surface area contributed by atoms with Crippen LogP contribution in [0.25, 0.3) is 0 Å². The summed E-state index contributed by atoms with van der Waals surface area (Å²) in [7, 11) is 0. The Labute approximate surface area is 313 Å². The maximum Gasteiger partial charge on any atom is 0.310 e. The number of nitro benzene ring substituents is 2. The van der Waals surface area contributed by atoms with Crippen LogP contribution in [0, 0.1) is 20.2 Å². The van der Waals surface area contributed by atoms with Crippen LogP contribution >= 0.6 is 0 Å². The monoisotopic (exact) mass is 728 g/mol. The fourth-order valence-corrected chi connectivity index (χ4v) is 5.94. The lowest BCUT2D eigenvalue weighted by atomic mass is 9.93. The minimum absolute atomic E-state index is 0.00757. The number of carboxylic acid groups (broad SMARTS) is 2. The van der Waals surface area contributed by atoms with E-state index >= 15 is 0 Å². The van der Waals surface area contributed by atoms with E-state index in [1.807, 2.05) is 0 Å². The van der Waals surface area contributed by atoms with Crippen molar-refractivity contribution in [3.05, 3.63) is 80.4 Å². The van der Waals surface area contributed by atoms with Crippen molar-refractivity contribution in [2.75, 3.05) is 0 Å². The third kappa shape index (κ3) is 28.8. The number of hydrogen-bond acceptors (Lipinski definition) is 6. The van der Waals surface area contributed by atoms with Crippen molar-refractivity contribution in [2.24, 2.45) is 0 Å². The Balaban J connectivity index is 0.000000834. The molecule has 294 valence electrons. The van der Waals surface area contributed by atoms with E-state index in [1.54, 1.807) is 30.3 Å². The van der Waals surface area contributed by atoms with Crippen molar-refractivity contribution in [1.29, 1.82) is 0 Å². The van der Waals surface area contributed by atoms with Crippen molar-refractivity contribution in [3.8, 4) is 0 Å². The molecule has 0 aliphatic heterocycles. The van der Waals surface area contributed by atoms with Crippen LogP contribution in [0.1, 0.15) is 186 Å². The molecule has 10 heteroatoms. The largest absolute Gasteiger partial charge is 0.481 e. The van der Waals surface area contributed by atoms with Gasteiger partial charge in [0.2, 0.25) is 0 Å². The van der Waals surface area contributed by atoms with Crippen LogP contribution < -0.4 is 0 Å². The van der Waals surface area contributed by atoms with E-state index in [0.717, 1.165) is 32.1 Å². The quantitative estimate of drug-likeness (QED) is 0.0475. The van der Waals surface area contributed by atoms with E-state index < -0.39 is 27.7 Å². The third-order valence-electron chi connectivity index (χ3n) is 9.11. The molecule has 2 aromatic carbocycles. The van der Waals surface area contributed by atoms with Gasteiger partial charge in [-0.05, 0) is 18.4 Å². The van der Waals surface area contributed by atoms with Gasteiger partial charge in [-0.3, -0.25) is 29.8 Å². The second-order valence-electron chi connectivity index (χ2n) is 13.7. The first kappa shape index (κ1) is 48.2. The molecule has 0 saturated heterocycles. The summed E-state index contributed by atoms with van der Waals surface area (Å²) in [5.41, 5.74) is 0.776. The molecule has 52 heavy (non-hydrogen) atoms. The van der Waals surface area contributed by atoms with Crippen molar-refractivity contribution >= 4 is 23.3 Å². The summed E-state index contributed by atoms with van der Waals surface area (Å²) in [5.74, 6) is -2.09. The van der Waals surface area contributed by atoms with E-state index in [4.69, 9.17) is 5.11 Å². The second-order valence-corrected chi connectivity index (χ2v) is 13.7. The molecule has 2 N–H and O–H groups in total. The van der Waals surface area contributed by atoms with Crippen molar-refractivity contribution in [1.82, 2.24) is 0 Å². The van der Waals surface area contributed by atoms with E-state index in [1.165, 1.54) is 140 Å². The first-order valence-corrected chi connectivity index (χ1v) is 20.0. The molecule has 1 atom stereocenters. The minimum Gasteiger partial charge on any atom is -0.481 e. The standard InChI is InChI=1S/C20H31NO4.C16H32O2.C6H5NO2/c1-2-3-4-5-6-7-8-9-10-11-12-19(20(22)23)17-13-15-18(16-14-17)21(24)25;1-2-3-4-5-6-7-8-9-10-11-12-13-14-15-16(17)18;8-7(9)6-4-2-1-3-5-6/h13-16,19H,2-12H2,1H3,(H,22,23);2-15H2,1H3,(H,17,18);1-5H. The molecular formula is C42H68N2O8. The number of rotatable bonds is 29. The Bertz CT molecular complexity index is 1170. The zero-order chi connectivity index (χ0) is 38.7. The molecule has 10 nitrogen and oxygen atoms in total. The molecule has 2 rings (SSSR count). The lowest BCUT2D eigenvalue weighted by molar-refractivity contribution is -0.385. The highest BCUT2D eigenvalue weighted by Gasteiger charge is 2.20. The Morgan fingerprint density at radius 1 is 0.519 bits per heavy atom. The second kappa shape index (κ2) is 34.3. The topological polar surface area (TPSA) is 161 Å². The molecule has 0 aromatic heterocycles. The first-order valence-electron chi connectivity index (χ1n) is 20.0. The predicted octanol–water partition coefficient (Wildman–Crippen LogP) is 13.2. The van der Waals surface area contributed by atoms with E-state index in [-0.39, 0.29) is 11.4 Å². The van der Waals surface area contributed by atoms with Crippen LogP contribution in [-0.2, 0) is 9.59 Å². The summed E-state index contributed by atoms with van der Waals surface area (Å²) in [5, 5.41) is 38.6. The smallest absolute Gasteiger partial charge is 0.310 e. The molecule has 0 bridgehead atoms. The van der Waals surface area contributed by atoms with E-state index in [0.29, 0.717) is 18.4 Å². The SMILES string of the molecule is CCCCCCCCCCCCC(C(=O)O)c1ccc([N+](=O)[O-])cc1.CCCCCCCCCCCCCCCC(=O)O.O=[N+]([O-])c1ccccc1. The van der Waals surface area contributed by atoms with Gasteiger partial charge in [0, 0.05) is 30.7 Å². The fourth-order valence-electron chi connectivity index (χ4n) is 5.94. The molecule has 0 heterocycles. The van der Waals surface area contributed by atoms with Crippen LogP contribution in [0.3, 0.4) is 0 Å². The van der Waals surface area contributed by atoms with Gasteiger partial charge in [-0.1, -0.05) is 185 Å². The minimum atomic E-state index is -0.857. The Kier molecular flexibility index (Phi) is 31.8. The number of non-ortho nitro benzene ring substituents is 2. The summed E-state index contributed by atoms with van der Waals surface area (Å²) in [6.45, 7) is 4.48. The highest BCUT2D eigenvalue weighted by Crippen LogP contribution is 2.25. The molecular weight excluding hydrogens is 660 g/mol. The fraction of sp³-hybridized carbons (Fsp3) is 0.667. The zero-order valence-corrected chi connectivity index (χ0v) is 32.2. The summed E-state index contributed by atoms with van der Waals surface area (Å²) in [6, 6.07) is 13.8. The average Bonchev–Trinajstić information content (AvgIpc) is 3.13. The average molecular weight is 729 g/mol. The maximum absolute atomic E-state index is 11.5. The molecule has 0 fully saturated rings. The maximum atomic E-state index is 11.5. The Morgan fingerprint density at radius 2 is 0.865 bits per heavy atom. The number of unbranched alkanes of at least 4 members (excludes halogenated alkanes) is 21. The number of carbonyl (C=O) groups is 2. The van der Waals surface area contributed by atoms with Gasteiger partial charge in [-0.15, -0.1) is 0 Å². The van der Waals surface area contributed by atoms with Gasteiger partial charge in [0.15, 0.2) is 0 Å². The van der Waals surface area contributed by atoms with E-state index in [9.17, 15) is 34.9 Å². The number of para-hydroxylation sites is 1. The molecule has 0 amide bonds. The van der Waals surface area contributed by atoms with Gasteiger partial charge in [0.25, 0.3) is 11.4 Å². The predicted molar refractivity (Wildman–Crippen MR) is 211 cm³/mol. The van der Waals surface area contributed by atoms with Gasteiger partial charge in [0.05, 0.1) is 15.8 Å². The molecule has 1 unspecified atom stereocenters. The van der Waals surface area contributed by atoms with Crippen LogP contribution in [0.5, 0.6) is 0 Å². The number of carboxylic acids is 2. The summed E-state index contributed by atoms with van der Waals surface area (Å²) < 4.78 is 0. The van der Waals surface area contributed by atoms with Gasteiger partial charge in [-0.2, -0.15) is 0 Å². The van der Waals surface area contributed by atoms with Crippen LogP contribution in [-0.4, -0.2) is 32.0 Å². The number of hydrogen-bond donors (Lipinski definition) is 2. The lowest BCUT2D eigenvalue weighted by Crippen LogP contribution is -2.11. The molecule has 0 saturated carbocycles. The summed E-state index contributed by atoms with van der Waals surface area (Å²) >= 11 is 0. The van der Waals surface area contributed by atoms with Crippen molar-refractivity contribution < 1.29 is 29.6 Å². The molecule has 0 spiro atoms. The Morgan fingerprint density at radius 3 is 1.19 bits per heavy atom. The van der Waals surface area contributed by atoms with E-state index in [2.05, 4.69) is 13.8 Å². The first-order chi connectivity index (χ1) is 25.1. The molecule has 0 radical (unpaired) electrons. The van der Waals surface area contributed by atoms with Crippen molar-refractivity contribution in [2.45, 2.75) is 180 Å². The highest BCUT2D eigenvalue weighted by atomic mass is 16.6. The van der Waals surface area contributed by atoms with Gasteiger partial charge in [0.1, 0.15) is 0 Å². The molecule has 2 aromatic rings. The lowest BCUT2D eigenvalue weighted by Gasteiger charge is -2.12. The zero-order valence-electron chi connectivity index (χ0n) is 32.2. The van der Waals surface area contributed by atoms with Crippen LogP contribution in [0.15, 0.2) is 54.6 Å². The molecule has 0 aliphatic carbocycles. The normalized spacial score (nSPS) is 11.0. The van der Waals surface area contributed by atoms with Gasteiger partial charge < -0.3 is 10.2 Å². The number of nitro groups is 2. The Hall–Kier alpha value is -3.82. The van der Waals surface area contributed by atoms with Crippen LogP contribution in [0.2, 0.25) is 0 Å². The number of aliphatic carboxylic acids is 2. The number of benzene rings is 2. The van der Waals surface area contributed by atoms with Crippen LogP contribution in [0.4, 0.5) is 11.4 Å². The van der Waals surface area contributed by atoms with Crippen molar-refractivity contribution in [3.63, 3.8) is 0 Å². The van der Waals surface area contributed by atoms with Gasteiger partial charge >= 0.3 is 11.9 Å². The number of nitrogens with zero attached hydrogens (tertiary/aromatic N) is 2. The third-order valence-corrected chi connectivity index (χ3v) is 9.11. The summed E-state index contributed by atoms with van der Waals surface area (Å²) in [4.78, 5) is 41.6. The molecule has 0 aliphatic rings.